The number of rotatable bonds is 3. The van der Waals surface area contributed by atoms with Crippen LogP contribution in [0.2, 0.25) is 0 Å². The SMILES string of the molecule is Cc1cc(C)cc(N(C)Cc2ccc(C#CCN)s2)c1. The Balaban J connectivity index is 2.10. The number of hydrogen-bond donors (Lipinski definition) is 1. The van der Waals surface area contributed by atoms with E-state index in [1.165, 1.54) is 21.7 Å². The van der Waals surface area contributed by atoms with Crippen molar-refractivity contribution in [3.8, 4) is 11.8 Å². The molecular weight excluding hydrogens is 264 g/mol. The molecule has 2 aromatic rings. The van der Waals surface area contributed by atoms with Crippen molar-refractivity contribution in [1.29, 1.82) is 0 Å². The highest BCUT2D eigenvalue weighted by molar-refractivity contribution is 7.12. The van der Waals surface area contributed by atoms with Gasteiger partial charge < -0.3 is 10.6 Å². The summed E-state index contributed by atoms with van der Waals surface area (Å²) in [6.07, 6.45) is 0. The highest BCUT2D eigenvalue weighted by atomic mass is 32.1. The second-order valence-electron chi connectivity index (χ2n) is 4.97. The van der Waals surface area contributed by atoms with E-state index < -0.39 is 0 Å². The summed E-state index contributed by atoms with van der Waals surface area (Å²) >= 11 is 1.73. The van der Waals surface area contributed by atoms with Gasteiger partial charge in [0.15, 0.2) is 0 Å². The molecule has 1 aromatic heterocycles. The Morgan fingerprint density at radius 2 is 1.85 bits per heavy atom. The molecule has 2 rings (SSSR count). The van der Waals surface area contributed by atoms with Crippen LogP contribution >= 0.6 is 11.3 Å². The summed E-state index contributed by atoms with van der Waals surface area (Å²) in [6.45, 7) is 5.58. The van der Waals surface area contributed by atoms with Gasteiger partial charge in [0.05, 0.1) is 18.0 Å². The number of nitrogens with zero attached hydrogens (tertiary/aromatic N) is 1. The molecule has 0 unspecified atom stereocenters. The molecule has 0 bridgehead atoms. The maximum atomic E-state index is 5.39. The molecule has 3 heteroatoms. The highest BCUT2D eigenvalue weighted by Gasteiger charge is 2.05. The van der Waals surface area contributed by atoms with E-state index in [0.717, 1.165) is 11.4 Å². The first-order chi connectivity index (χ1) is 9.58. The molecule has 0 saturated carbocycles. The lowest BCUT2D eigenvalue weighted by Crippen LogP contribution is -2.15. The minimum absolute atomic E-state index is 0.412. The third kappa shape index (κ3) is 3.86. The summed E-state index contributed by atoms with van der Waals surface area (Å²) < 4.78 is 0. The fourth-order valence-corrected chi connectivity index (χ4v) is 3.10. The molecule has 0 aliphatic rings. The first kappa shape index (κ1) is 14.6. The van der Waals surface area contributed by atoms with Gasteiger partial charge in [0.1, 0.15) is 0 Å². The van der Waals surface area contributed by atoms with Crippen molar-refractivity contribution in [2.45, 2.75) is 20.4 Å². The highest BCUT2D eigenvalue weighted by Crippen LogP contribution is 2.22. The molecule has 0 radical (unpaired) electrons. The number of aryl methyl sites for hydroxylation is 2. The molecule has 2 N–H and O–H groups in total. The van der Waals surface area contributed by atoms with Gasteiger partial charge in [0, 0.05) is 17.6 Å². The average Bonchev–Trinajstić information content (AvgIpc) is 2.82. The largest absolute Gasteiger partial charge is 0.369 e. The van der Waals surface area contributed by atoms with Gasteiger partial charge >= 0.3 is 0 Å². The lowest BCUT2D eigenvalue weighted by Gasteiger charge is -2.19. The van der Waals surface area contributed by atoms with Gasteiger partial charge in [-0.2, -0.15) is 0 Å². The molecule has 0 aliphatic carbocycles. The van der Waals surface area contributed by atoms with E-state index in [0.29, 0.717) is 6.54 Å². The Morgan fingerprint density at radius 3 is 2.50 bits per heavy atom. The van der Waals surface area contributed by atoms with Crippen LogP contribution in [0.15, 0.2) is 30.3 Å². The molecule has 0 saturated heterocycles. The van der Waals surface area contributed by atoms with Crippen molar-refractivity contribution >= 4 is 17.0 Å². The molecular formula is C17H20N2S. The fraction of sp³-hybridized carbons (Fsp3) is 0.294. The van der Waals surface area contributed by atoms with Gasteiger partial charge in [0.25, 0.3) is 0 Å². The van der Waals surface area contributed by atoms with E-state index in [2.05, 4.69) is 68.0 Å². The van der Waals surface area contributed by atoms with E-state index in [-0.39, 0.29) is 0 Å². The molecule has 20 heavy (non-hydrogen) atoms. The quantitative estimate of drug-likeness (QED) is 0.876. The second kappa shape index (κ2) is 6.60. The zero-order valence-electron chi connectivity index (χ0n) is 12.2. The normalized spacial score (nSPS) is 10.0. The zero-order valence-corrected chi connectivity index (χ0v) is 13.1. The maximum Gasteiger partial charge on any atom is 0.0772 e. The topological polar surface area (TPSA) is 29.3 Å². The van der Waals surface area contributed by atoms with Crippen LogP contribution in [0.25, 0.3) is 0 Å². The average molecular weight is 284 g/mol. The van der Waals surface area contributed by atoms with Crippen molar-refractivity contribution in [3.05, 3.63) is 51.2 Å². The van der Waals surface area contributed by atoms with Crippen LogP contribution in [0.1, 0.15) is 20.9 Å². The van der Waals surface area contributed by atoms with Crippen molar-refractivity contribution in [3.63, 3.8) is 0 Å². The van der Waals surface area contributed by atoms with E-state index in [9.17, 15) is 0 Å². The summed E-state index contributed by atoms with van der Waals surface area (Å²) in [5, 5.41) is 0. The molecule has 1 heterocycles. The molecule has 0 fully saturated rings. The molecule has 0 atom stereocenters. The summed E-state index contributed by atoms with van der Waals surface area (Å²) in [4.78, 5) is 4.67. The number of anilines is 1. The first-order valence-corrected chi connectivity index (χ1v) is 7.47. The van der Waals surface area contributed by atoms with Crippen LogP contribution in [-0.2, 0) is 6.54 Å². The molecule has 0 aliphatic heterocycles. The zero-order chi connectivity index (χ0) is 14.5. The van der Waals surface area contributed by atoms with E-state index >= 15 is 0 Å². The second-order valence-corrected chi connectivity index (χ2v) is 6.14. The standard InChI is InChI=1S/C17H20N2S/c1-13-9-14(2)11-15(10-13)19(3)12-17-7-6-16(20-17)5-4-8-18/h6-7,9-11H,8,12,18H2,1-3H3. The Bertz CT molecular complexity index is 626. The fourth-order valence-electron chi connectivity index (χ4n) is 2.16. The van der Waals surface area contributed by atoms with Gasteiger partial charge in [0.2, 0.25) is 0 Å². The van der Waals surface area contributed by atoms with Gasteiger partial charge in [-0.15, -0.1) is 11.3 Å². The maximum absolute atomic E-state index is 5.39. The minimum Gasteiger partial charge on any atom is -0.369 e. The summed E-state index contributed by atoms with van der Waals surface area (Å²) in [5.41, 5.74) is 9.24. The van der Waals surface area contributed by atoms with Crippen molar-refractivity contribution < 1.29 is 0 Å². The number of nitrogens with two attached hydrogens (primary N) is 1. The molecule has 2 nitrogen and oxygen atoms in total. The van der Waals surface area contributed by atoms with E-state index in [1.807, 2.05) is 0 Å². The predicted octanol–water partition coefficient (Wildman–Crippen LogP) is 3.31. The third-order valence-corrected chi connectivity index (χ3v) is 4.00. The number of hydrogen-bond acceptors (Lipinski definition) is 3. The lowest BCUT2D eigenvalue weighted by atomic mass is 10.1. The molecule has 0 spiro atoms. The van der Waals surface area contributed by atoms with Crippen LogP contribution in [0, 0.1) is 25.7 Å². The van der Waals surface area contributed by atoms with Gasteiger partial charge in [-0.1, -0.05) is 17.9 Å². The minimum atomic E-state index is 0.412. The lowest BCUT2D eigenvalue weighted by molar-refractivity contribution is 0.938. The number of thiophene rings is 1. The van der Waals surface area contributed by atoms with Crippen LogP contribution in [0.3, 0.4) is 0 Å². The van der Waals surface area contributed by atoms with Crippen LogP contribution < -0.4 is 10.6 Å². The first-order valence-electron chi connectivity index (χ1n) is 6.65. The monoisotopic (exact) mass is 284 g/mol. The van der Waals surface area contributed by atoms with Crippen molar-refractivity contribution in [2.75, 3.05) is 18.5 Å². The van der Waals surface area contributed by atoms with Crippen LogP contribution in [0.5, 0.6) is 0 Å². The van der Waals surface area contributed by atoms with Crippen molar-refractivity contribution in [2.24, 2.45) is 5.73 Å². The Labute approximate surface area is 125 Å². The predicted molar refractivity (Wildman–Crippen MR) is 88.3 cm³/mol. The van der Waals surface area contributed by atoms with Crippen LogP contribution in [0.4, 0.5) is 5.69 Å². The van der Waals surface area contributed by atoms with Crippen LogP contribution in [-0.4, -0.2) is 13.6 Å². The molecule has 104 valence electrons. The van der Waals surface area contributed by atoms with E-state index in [4.69, 9.17) is 5.73 Å². The van der Waals surface area contributed by atoms with Gasteiger partial charge in [-0.05, 0) is 49.2 Å². The summed E-state index contributed by atoms with van der Waals surface area (Å²) in [7, 11) is 2.12. The van der Waals surface area contributed by atoms with Gasteiger partial charge in [-0.3, -0.25) is 0 Å². The molecule has 0 amide bonds. The summed E-state index contributed by atoms with van der Waals surface area (Å²) in [5.74, 6) is 5.97. The van der Waals surface area contributed by atoms with Crippen molar-refractivity contribution in [1.82, 2.24) is 0 Å². The van der Waals surface area contributed by atoms with E-state index in [1.54, 1.807) is 11.3 Å². The Hall–Kier alpha value is -1.76. The Kier molecular flexibility index (Phi) is 4.84. The molecule has 1 aromatic carbocycles. The van der Waals surface area contributed by atoms with Gasteiger partial charge in [-0.25, -0.2) is 0 Å². The Morgan fingerprint density at radius 1 is 1.15 bits per heavy atom. The smallest absolute Gasteiger partial charge is 0.0772 e. The third-order valence-electron chi connectivity index (χ3n) is 3.02. The summed E-state index contributed by atoms with van der Waals surface area (Å²) in [6, 6.07) is 10.8. The number of benzene rings is 1.